The van der Waals surface area contributed by atoms with Crippen molar-refractivity contribution in [2.75, 3.05) is 25.0 Å². The van der Waals surface area contributed by atoms with Gasteiger partial charge in [0, 0.05) is 24.3 Å². The fraction of sp³-hybridized carbons (Fsp3) is 0.526. The number of benzene rings is 1. The number of nitrogens with two attached hydrogens (primary N) is 1. The normalized spacial score (nSPS) is 18.2. The van der Waals surface area contributed by atoms with Crippen molar-refractivity contribution in [1.29, 1.82) is 0 Å². The third-order valence-electron chi connectivity index (χ3n) is 5.03. The number of nitrogens with one attached hydrogen (secondary N) is 1. The van der Waals surface area contributed by atoms with Crippen molar-refractivity contribution >= 4 is 35.9 Å². The molecule has 1 aliphatic heterocycles. The maximum Gasteiger partial charge on any atom is 0.309 e. The van der Waals surface area contributed by atoms with Crippen LogP contribution in [-0.2, 0) is 14.3 Å². The molecule has 8 heteroatoms. The molecule has 0 unspecified atom stereocenters. The van der Waals surface area contributed by atoms with Gasteiger partial charge in [-0.25, -0.2) is 0 Å². The van der Waals surface area contributed by atoms with E-state index in [0.29, 0.717) is 56.6 Å². The molecular weight excluding hydrogens is 370 g/mol. The second-order valence-electron chi connectivity index (χ2n) is 7.01. The van der Waals surface area contributed by atoms with Gasteiger partial charge in [0.05, 0.1) is 18.1 Å². The molecule has 1 heterocycles. The minimum Gasteiger partial charge on any atom is -0.466 e. The first-order valence-electron chi connectivity index (χ1n) is 9.09. The summed E-state index contributed by atoms with van der Waals surface area (Å²) in [5.41, 5.74) is 6.33. The van der Waals surface area contributed by atoms with E-state index >= 15 is 0 Å². The number of likely N-dealkylation sites (tertiary alicyclic amines) is 1. The Morgan fingerprint density at radius 1 is 1.19 bits per heavy atom. The van der Waals surface area contributed by atoms with Crippen LogP contribution in [0.2, 0.25) is 0 Å². The quantitative estimate of drug-likeness (QED) is 0.742. The number of amides is 2. The number of esters is 1. The lowest BCUT2D eigenvalue weighted by atomic mass is 9.96. The van der Waals surface area contributed by atoms with Gasteiger partial charge in [0.1, 0.15) is 0 Å². The van der Waals surface area contributed by atoms with Gasteiger partial charge < -0.3 is 20.7 Å². The van der Waals surface area contributed by atoms with E-state index in [2.05, 4.69) is 5.32 Å². The maximum absolute atomic E-state index is 12.6. The molecule has 2 aliphatic rings. The Morgan fingerprint density at radius 3 is 2.30 bits per heavy atom. The monoisotopic (exact) mass is 395 g/mol. The Labute approximate surface area is 165 Å². The third kappa shape index (κ3) is 4.99. The Balaban J connectivity index is 0.00000261. The lowest BCUT2D eigenvalue weighted by Crippen LogP contribution is -2.40. The highest BCUT2D eigenvalue weighted by atomic mass is 35.5. The fourth-order valence-electron chi connectivity index (χ4n) is 3.07. The van der Waals surface area contributed by atoms with Crippen molar-refractivity contribution in [3.8, 4) is 0 Å². The maximum atomic E-state index is 12.6. The van der Waals surface area contributed by atoms with Crippen LogP contribution >= 0.6 is 12.4 Å². The highest BCUT2D eigenvalue weighted by Crippen LogP contribution is 2.33. The van der Waals surface area contributed by atoms with Gasteiger partial charge in [-0.05, 0) is 56.9 Å². The van der Waals surface area contributed by atoms with Crippen LogP contribution in [0, 0.1) is 5.92 Å². The number of halogens is 1. The Morgan fingerprint density at radius 2 is 1.78 bits per heavy atom. The van der Waals surface area contributed by atoms with Gasteiger partial charge in [0.25, 0.3) is 5.91 Å². The summed E-state index contributed by atoms with van der Waals surface area (Å²) in [7, 11) is 0. The zero-order valence-corrected chi connectivity index (χ0v) is 16.2. The second kappa shape index (κ2) is 8.71. The number of piperidine rings is 1. The van der Waals surface area contributed by atoms with Gasteiger partial charge in [-0.1, -0.05) is 0 Å². The number of ether oxygens (including phenoxy) is 1. The fourth-order valence-corrected chi connectivity index (χ4v) is 3.07. The third-order valence-corrected chi connectivity index (χ3v) is 5.03. The summed E-state index contributed by atoms with van der Waals surface area (Å²) in [6, 6.07) is 6.82. The first kappa shape index (κ1) is 21.2. The average Bonchev–Trinajstić information content (AvgIpc) is 3.41. The standard InChI is InChI=1S/C19H25N3O4.ClH/c1-2-26-17(24)14-7-11-22(12-8-14)16(23)13-3-5-15(6-4-13)21-18(25)19(20)9-10-19;/h3-6,14H,2,7-12,20H2,1H3,(H,21,25);1H. The molecule has 27 heavy (non-hydrogen) atoms. The molecule has 148 valence electrons. The zero-order chi connectivity index (χ0) is 18.7. The van der Waals surface area contributed by atoms with E-state index in [0.717, 1.165) is 0 Å². The minimum atomic E-state index is -0.724. The summed E-state index contributed by atoms with van der Waals surface area (Å²) in [5, 5.41) is 2.78. The summed E-state index contributed by atoms with van der Waals surface area (Å²) in [6.07, 6.45) is 2.66. The summed E-state index contributed by atoms with van der Waals surface area (Å²) < 4.78 is 5.05. The van der Waals surface area contributed by atoms with Crippen molar-refractivity contribution in [2.45, 2.75) is 38.1 Å². The number of carbonyl (C=O) groups is 3. The molecule has 1 saturated carbocycles. The van der Waals surface area contributed by atoms with E-state index < -0.39 is 5.54 Å². The largest absolute Gasteiger partial charge is 0.466 e. The van der Waals surface area contributed by atoms with Crippen molar-refractivity contribution in [3.05, 3.63) is 29.8 Å². The van der Waals surface area contributed by atoms with E-state index in [9.17, 15) is 14.4 Å². The van der Waals surface area contributed by atoms with Crippen LogP contribution in [0.1, 0.15) is 43.0 Å². The molecule has 2 amide bonds. The number of rotatable bonds is 5. The van der Waals surface area contributed by atoms with Gasteiger partial charge in [-0.2, -0.15) is 0 Å². The lowest BCUT2D eigenvalue weighted by Gasteiger charge is -2.31. The van der Waals surface area contributed by atoms with Crippen LogP contribution in [0.4, 0.5) is 5.69 Å². The smallest absolute Gasteiger partial charge is 0.309 e. The molecule has 0 atom stereocenters. The SMILES string of the molecule is CCOC(=O)C1CCN(C(=O)c2ccc(NC(=O)C3(N)CC3)cc2)CC1.Cl. The number of nitrogens with zero attached hydrogens (tertiary/aromatic N) is 1. The highest BCUT2D eigenvalue weighted by molar-refractivity contribution is 6.00. The predicted molar refractivity (Wildman–Crippen MR) is 104 cm³/mol. The molecule has 0 aromatic heterocycles. The van der Waals surface area contributed by atoms with E-state index in [1.54, 1.807) is 36.1 Å². The van der Waals surface area contributed by atoms with Crippen molar-refractivity contribution in [3.63, 3.8) is 0 Å². The molecular formula is C19H26ClN3O4. The van der Waals surface area contributed by atoms with Gasteiger partial charge in [0.2, 0.25) is 5.91 Å². The van der Waals surface area contributed by atoms with Crippen LogP contribution in [0.25, 0.3) is 0 Å². The topological polar surface area (TPSA) is 102 Å². The van der Waals surface area contributed by atoms with E-state index in [1.165, 1.54) is 0 Å². The molecule has 0 radical (unpaired) electrons. The number of hydrogen-bond acceptors (Lipinski definition) is 5. The number of anilines is 1. The molecule has 1 saturated heterocycles. The van der Waals surface area contributed by atoms with E-state index in [1.807, 2.05) is 0 Å². The minimum absolute atomic E-state index is 0. The highest BCUT2D eigenvalue weighted by Gasteiger charge is 2.45. The summed E-state index contributed by atoms with van der Waals surface area (Å²) in [4.78, 5) is 38.1. The van der Waals surface area contributed by atoms with E-state index in [-0.39, 0.29) is 36.1 Å². The van der Waals surface area contributed by atoms with Crippen LogP contribution in [-0.4, -0.2) is 47.9 Å². The molecule has 2 fully saturated rings. The lowest BCUT2D eigenvalue weighted by molar-refractivity contribution is -0.149. The summed E-state index contributed by atoms with van der Waals surface area (Å²) >= 11 is 0. The Kier molecular flexibility index (Phi) is 6.84. The van der Waals surface area contributed by atoms with Gasteiger partial charge in [-0.15, -0.1) is 12.4 Å². The molecule has 0 bridgehead atoms. The first-order valence-corrected chi connectivity index (χ1v) is 9.09. The van der Waals surface area contributed by atoms with Gasteiger partial charge in [0.15, 0.2) is 0 Å². The number of carbonyl (C=O) groups excluding carboxylic acids is 3. The molecule has 3 rings (SSSR count). The molecule has 3 N–H and O–H groups in total. The van der Waals surface area contributed by atoms with Crippen LogP contribution in [0.3, 0.4) is 0 Å². The van der Waals surface area contributed by atoms with Gasteiger partial charge in [-0.3, -0.25) is 14.4 Å². The summed E-state index contributed by atoms with van der Waals surface area (Å²) in [5.74, 6) is -0.545. The van der Waals surface area contributed by atoms with Crippen LogP contribution in [0.15, 0.2) is 24.3 Å². The number of hydrogen-bond donors (Lipinski definition) is 2. The molecule has 0 spiro atoms. The second-order valence-corrected chi connectivity index (χ2v) is 7.01. The van der Waals surface area contributed by atoms with Crippen LogP contribution < -0.4 is 11.1 Å². The molecule has 1 aliphatic carbocycles. The summed E-state index contributed by atoms with van der Waals surface area (Å²) in [6.45, 7) is 3.25. The van der Waals surface area contributed by atoms with Crippen molar-refractivity contribution in [2.24, 2.45) is 11.7 Å². The molecule has 7 nitrogen and oxygen atoms in total. The van der Waals surface area contributed by atoms with E-state index in [4.69, 9.17) is 10.5 Å². The Bertz CT molecular complexity index is 695. The van der Waals surface area contributed by atoms with Crippen molar-refractivity contribution in [1.82, 2.24) is 4.90 Å². The van der Waals surface area contributed by atoms with Crippen molar-refractivity contribution < 1.29 is 19.1 Å². The molecule has 1 aromatic rings. The average molecular weight is 396 g/mol. The Hall–Kier alpha value is -2.12. The van der Waals surface area contributed by atoms with Gasteiger partial charge >= 0.3 is 5.97 Å². The first-order chi connectivity index (χ1) is 12.4. The predicted octanol–water partition coefficient (Wildman–Crippen LogP) is 1.95. The zero-order valence-electron chi connectivity index (χ0n) is 15.4. The molecule has 1 aromatic carbocycles. The van der Waals surface area contributed by atoms with Crippen LogP contribution in [0.5, 0.6) is 0 Å².